The van der Waals surface area contributed by atoms with Gasteiger partial charge in [0, 0.05) is 25.8 Å². The summed E-state index contributed by atoms with van der Waals surface area (Å²) in [5, 5.41) is 7.62. The first-order chi connectivity index (χ1) is 10.0. The largest absolute Gasteiger partial charge is 0.371 e. The number of rotatable bonds is 5. The van der Waals surface area contributed by atoms with Crippen LogP contribution in [0.5, 0.6) is 0 Å². The molecule has 5 nitrogen and oxygen atoms in total. The first-order valence-electron chi connectivity index (χ1n) is 8.10. The summed E-state index contributed by atoms with van der Waals surface area (Å²) >= 11 is 0. The number of aryl methyl sites for hydroxylation is 2. The zero-order valence-electron chi connectivity index (χ0n) is 13.7. The summed E-state index contributed by atoms with van der Waals surface area (Å²) in [4.78, 5) is 14.8. The van der Waals surface area contributed by atoms with E-state index in [2.05, 4.69) is 22.2 Å². The molecule has 0 bridgehead atoms. The molecule has 1 amide bonds. The summed E-state index contributed by atoms with van der Waals surface area (Å²) in [6, 6.07) is 0.213. The second kappa shape index (κ2) is 6.96. The number of hydrogen-bond donors (Lipinski definition) is 1. The van der Waals surface area contributed by atoms with Crippen molar-refractivity contribution in [3.63, 3.8) is 0 Å². The zero-order valence-corrected chi connectivity index (χ0v) is 13.7. The van der Waals surface area contributed by atoms with E-state index in [0.717, 1.165) is 30.8 Å². The Kier molecular flexibility index (Phi) is 5.26. The number of carbonyl (C=O) groups is 1. The molecule has 1 aliphatic rings. The summed E-state index contributed by atoms with van der Waals surface area (Å²) in [6.07, 6.45) is 8.04. The van der Waals surface area contributed by atoms with Gasteiger partial charge < -0.3 is 10.2 Å². The maximum Gasteiger partial charge on any atom is 0.245 e. The van der Waals surface area contributed by atoms with E-state index in [9.17, 15) is 4.79 Å². The van der Waals surface area contributed by atoms with Gasteiger partial charge in [0.2, 0.25) is 5.91 Å². The monoisotopic (exact) mass is 292 g/mol. The van der Waals surface area contributed by atoms with Crippen molar-refractivity contribution in [2.75, 3.05) is 11.9 Å². The zero-order chi connectivity index (χ0) is 15.4. The van der Waals surface area contributed by atoms with Crippen molar-refractivity contribution < 1.29 is 4.79 Å². The molecular formula is C16H28N4O. The van der Waals surface area contributed by atoms with Crippen molar-refractivity contribution in [1.82, 2.24) is 14.7 Å². The van der Waals surface area contributed by atoms with Gasteiger partial charge in [-0.15, -0.1) is 0 Å². The van der Waals surface area contributed by atoms with Crippen LogP contribution in [0.15, 0.2) is 6.20 Å². The standard InChI is InChI=1S/C16H28N4O/c1-5-20(14-9-7-6-8-10-14)16(21)13(3)17-15-11-19(4)18-12(15)2/h11,13-14,17H,5-10H2,1-4H3. The fourth-order valence-corrected chi connectivity index (χ4v) is 3.27. The predicted octanol–water partition coefficient (Wildman–Crippen LogP) is 2.71. The number of amides is 1. The molecule has 1 fully saturated rings. The molecule has 1 heterocycles. The van der Waals surface area contributed by atoms with Gasteiger partial charge in [-0.3, -0.25) is 9.48 Å². The molecule has 1 aromatic rings. The lowest BCUT2D eigenvalue weighted by atomic mass is 9.94. The van der Waals surface area contributed by atoms with Crippen LogP contribution in [0.25, 0.3) is 0 Å². The van der Waals surface area contributed by atoms with Gasteiger partial charge in [-0.25, -0.2) is 0 Å². The smallest absolute Gasteiger partial charge is 0.245 e. The minimum Gasteiger partial charge on any atom is -0.371 e. The molecule has 2 rings (SSSR count). The van der Waals surface area contributed by atoms with Crippen LogP contribution in [-0.4, -0.2) is 39.2 Å². The Labute approximate surface area is 127 Å². The molecule has 21 heavy (non-hydrogen) atoms. The van der Waals surface area contributed by atoms with Crippen LogP contribution in [0.4, 0.5) is 5.69 Å². The third-order valence-electron chi connectivity index (χ3n) is 4.40. The van der Waals surface area contributed by atoms with Gasteiger partial charge in [0.15, 0.2) is 0 Å². The Morgan fingerprint density at radius 1 is 1.48 bits per heavy atom. The van der Waals surface area contributed by atoms with Crippen molar-refractivity contribution in [2.45, 2.75) is 65.0 Å². The topological polar surface area (TPSA) is 50.2 Å². The maximum atomic E-state index is 12.7. The molecule has 1 aliphatic carbocycles. The first kappa shape index (κ1) is 15.9. The summed E-state index contributed by atoms with van der Waals surface area (Å²) in [7, 11) is 1.89. The molecule has 0 aliphatic heterocycles. The number of aromatic nitrogens is 2. The molecule has 0 spiro atoms. The van der Waals surface area contributed by atoms with Crippen molar-refractivity contribution in [2.24, 2.45) is 7.05 Å². The van der Waals surface area contributed by atoms with Crippen molar-refractivity contribution in [1.29, 1.82) is 0 Å². The lowest BCUT2D eigenvalue weighted by molar-refractivity contribution is -0.134. The second-order valence-electron chi connectivity index (χ2n) is 6.08. The van der Waals surface area contributed by atoms with Gasteiger partial charge in [-0.2, -0.15) is 5.10 Å². The molecule has 118 valence electrons. The third kappa shape index (κ3) is 3.77. The fraction of sp³-hybridized carbons (Fsp3) is 0.750. The lowest BCUT2D eigenvalue weighted by Gasteiger charge is -2.35. The Morgan fingerprint density at radius 2 is 2.14 bits per heavy atom. The average molecular weight is 292 g/mol. The highest BCUT2D eigenvalue weighted by Gasteiger charge is 2.27. The molecule has 1 saturated carbocycles. The van der Waals surface area contributed by atoms with Gasteiger partial charge in [-0.05, 0) is 33.6 Å². The minimum absolute atomic E-state index is 0.202. The maximum absolute atomic E-state index is 12.7. The molecule has 5 heteroatoms. The van der Waals surface area contributed by atoms with Crippen LogP contribution in [0.3, 0.4) is 0 Å². The highest BCUT2D eigenvalue weighted by molar-refractivity contribution is 5.84. The minimum atomic E-state index is -0.213. The molecule has 0 saturated heterocycles. The van der Waals surface area contributed by atoms with E-state index in [1.54, 1.807) is 4.68 Å². The van der Waals surface area contributed by atoms with E-state index in [-0.39, 0.29) is 11.9 Å². The van der Waals surface area contributed by atoms with Crippen molar-refractivity contribution >= 4 is 11.6 Å². The molecule has 0 aromatic carbocycles. The van der Waals surface area contributed by atoms with Crippen LogP contribution < -0.4 is 5.32 Å². The summed E-state index contributed by atoms with van der Waals surface area (Å²) < 4.78 is 1.77. The number of hydrogen-bond acceptors (Lipinski definition) is 3. The third-order valence-corrected chi connectivity index (χ3v) is 4.40. The molecule has 1 atom stereocenters. The second-order valence-corrected chi connectivity index (χ2v) is 6.08. The summed E-state index contributed by atoms with van der Waals surface area (Å²) in [5.74, 6) is 0.202. The number of carbonyl (C=O) groups excluding carboxylic acids is 1. The van der Waals surface area contributed by atoms with Crippen LogP contribution in [0, 0.1) is 6.92 Å². The number of anilines is 1. The summed E-state index contributed by atoms with van der Waals surface area (Å²) in [6.45, 7) is 6.77. The molecular weight excluding hydrogens is 264 g/mol. The number of nitrogens with zero attached hydrogens (tertiary/aromatic N) is 3. The number of likely N-dealkylation sites (N-methyl/N-ethyl adjacent to an activating group) is 1. The summed E-state index contributed by atoms with van der Waals surface area (Å²) in [5.41, 5.74) is 1.87. The first-order valence-corrected chi connectivity index (χ1v) is 8.10. The average Bonchev–Trinajstić information content (AvgIpc) is 2.78. The lowest BCUT2D eigenvalue weighted by Crippen LogP contribution is -2.47. The quantitative estimate of drug-likeness (QED) is 0.908. The van der Waals surface area contributed by atoms with Crippen LogP contribution in [0.2, 0.25) is 0 Å². The van der Waals surface area contributed by atoms with Crippen molar-refractivity contribution in [3.8, 4) is 0 Å². The predicted molar refractivity (Wildman–Crippen MR) is 85.3 cm³/mol. The van der Waals surface area contributed by atoms with Gasteiger partial charge in [0.25, 0.3) is 0 Å². The van der Waals surface area contributed by atoms with Gasteiger partial charge in [0.05, 0.1) is 11.4 Å². The van der Waals surface area contributed by atoms with Crippen LogP contribution in [-0.2, 0) is 11.8 Å². The van der Waals surface area contributed by atoms with Gasteiger partial charge in [-0.1, -0.05) is 19.3 Å². The van der Waals surface area contributed by atoms with E-state index < -0.39 is 0 Å². The molecule has 1 N–H and O–H groups in total. The Morgan fingerprint density at radius 3 is 2.67 bits per heavy atom. The molecule has 1 unspecified atom stereocenters. The van der Waals surface area contributed by atoms with E-state index >= 15 is 0 Å². The van der Waals surface area contributed by atoms with Crippen LogP contribution in [0.1, 0.15) is 51.6 Å². The van der Waals surface area contributed by atoms with E-state index in [0.29, 0.717) is 6.04 Å². The Hall–Kier alpha value is -1.52. The van der Waals surface area contributed by atoms with Crippen LogP contribution >= 0.6 is 0 Å². The number of nitrogens with one attached hydrogen (secondary N) is 1. The fourth-order valence-electron chi connectivity index (χ4n) is 3.27. The SMILES string of the molecule is CCN(C(=O)C(C)Nc1cn(C)nc1C)C1CCCCC1. The highest BCUT2D eigenvalue weighted by atomic mass is 16.2. The molecule has 0 radical (unpaired) electrons. The van der Waals surface area contributed by atoms with E-state index in [1.165, 1.54) is 19.3 Å². The van der Waals surface area contributed by atoms with E-state index in [1.807, 2.05) is 27.1 Å². The van der Waals surface area contributed by atoms with Gasteiger partial charge in [0.1, 0.15) is 6.04 Å². The molecule has 1 aromatic heterocycles. The van der Waals surface area contributed by atoms with E-state index in [4.69, 9.17) is 0 Å². The van der Waals surface area contributed by atoms with Gasteiger partial charge >= 0.3 is 0 Å². The highest BCUT2D eigenvalue weighted by Crippen LogP contribution is 2.23. The Bertz CT molecular complexity index is 477. The van der Waals surface area contributed by atoms with Crippen molar-refractivity contribution in [3.05, 3.63) is 11.9 Å². The Balaban J connectivity index is 2.00. The normalized spacial score (nSPS) is 17.5.